The molecule has 0 saturated carbocycles. The third-order valence-corrected chi connectivity index (χ3v) is 2.35. The van der Waals surface area contributed by atoms with Crippen LogP contribution in [0.1, 0.15) is 15.9 Å². The van der Waals surface area contributed by atoms with E-state index in [-0.39, 0.29) is 27.3 Å². The predicted molar refractivity (Wildman–Crippen MR) is 55.6 cm³/mol. The van der Waals surface area contributed by atoms with Crippen LogP contribution in [-0.4, -0.2) is 11.1 Å². The van der Waals surface area contributed by atoms with Gasteiger partial charge in [-0.05, 0) is 35.4 Å². The predicted octanol–water partition coefficient (Wildman–Crippen LogP) is 2.84. The minimum absolute atomic E-state index is 0. The average molecular weight is 299 g/mol. The first-order chi connectivity index (χ1) is 6.68. The largest absolute Gasteiger partial charge is 0.478 e. The Morgan fingerprint density at radius 1 is 1.20 bits per heavy atom. The van der Waals surface area contributed by atoms with Gasteiger partial charge >= 0.3 is 5.97 Å². The smallest absolute Gasteiger partial charge is 0.335 e. The maximum Gasteiger partial charge on any atom is 0.335 e. The van der Waals surface area contributed by atoms with Crippen molar-refractivity contribution in [3.8, 4) is 0 Å². The summed E-state index contributed by atoms with van der Waals surface area (Å²) in [6.07, 6.45) is 0. The quantitative estimate of drug-likeness (QED) is 0.822. The Bertz CT molecular complexity index is 506. The first kappa shape index (κ1) is 12.2. The number of fused-ring (bicyclic) bond motifs is 1. The summed E-state index contributed by atoms with van der Waals surface area (Å²) in [7, 11) is 0. The van der Waals surface area contributed by atoms with E-state index in [0.29, 0.717) is 5.56 Å². The van der Waals surface area contributed by atoms with Crippen LogP contribution in [0.4, 0.5) is 0 Å². The van der Waals surface area contributed by atoms with Crippen molar-refractivity contribution in [2.75, 3.05) is 0 Å². The summed E-state index contributed by atoms with van der Waals surface area (Å²) in [5.41, 5.74) is 1.50. The molecule has 0 spiro atoms. The molecule has 72 valence electrons. The van der Waals surface area contributed by atoms with E-state index < -0.39 is 5.97 Å². The van der Waals surface area contributed by atoms with Crippen LogP contribution in [0.2, 0.25) is 0 Å². The SMILES string of the molecule is Cc1cccc2cc(C(=O)O)ccc12.[Cd]. The molecule has 0 heterocycles. The van der Waals surface area contributed by atoms with E-state index in [2.05, 4.69) is 0 Å². The van der Waals surface area contributed by atoms with Gasteiger partial charge in [-0.1, -0.05) is 24.3 Å². The second-order valence-electron chi connectivity index (χ2n) is 3.32. The van der Waals surface area contributed by atoms with Gasteiger partial charge in [0.1, 0.15) is 0 Å². The van der Waals surface area contributed by atoms with E-state index in [1.807, 2.05) is 31.2 Å². The summed E-state index contributed by atoms with van der Waals surface area (Å²) in [5, 5.41) is 10.9. The molecule has 0 amide bonds. The first-order valence-electron chi connectivity index (χ1n) is 4.41. The average Bonchev–Trinajstić information content (AvgIpc) is 2.17. The second-order valence-corrected chi connectivity index (χ2v) is 3.32. The number of carboxylic acid groups (broad SMARTS) is 1. The molecule has 2 aromatic carbocycles. The van der Waals surface area contributed by atoms with Gasteiger partial charge in [-0.2, -0.15) is 0 Å². The fourth-order valence-corrected chi connectivity index (χ4v) is 1.58. The summed E-state index contributed by atoms with van der Waals surface area (Å²) >= 11 is 0. The molecule has 2 nitrogen and oxygen atoms in total. The summed E-state index contributed by atoms with van der Waals surface area (Å²) < 4.78 is 0. The molecule has 3 heteroatoms. The number of aryl methyl sites for hydroxylation is 1. The van der Waals surface area contributed by atoms with E-state index in [4.69, 9.17) is 5.11 Å². The zero-order chi connectivity index (χ0) is 10.1. The van der Waals surface area contributed by atoms with Crippen LogP contribution >= 0.6 is 0 Å². The van der Waals surface area contributed by atoms with Gasteiger partial charge in [0, 0.05) is 27.3 Å². The van der Waals surface area contributed by atoms with Crippen LogP contribution in [0, 0.1) is 6.92 Å². The van der Waals surface area contributed by atoms with Gasteiger partial charge in [-0.25, -0.2) is 4.79 Å². The Hall–Kier alpha value is -0.908. The number of hydrogen-bond acceptors (Lipinski definition) is 1. The first-order valence-corrected chi connectivity index (χ1v) is 4.41. The van der Waals surface area contributed by atoms with Crippen molar-refractivity contribution in [2.24, 2.45) is 0 Å². The van der Waals surface area contributed by atoms with Gasteiger partial charge in [-0.15, -0.1) is 0 Å². The minimum Gasteiger partial charge on any atom is -0.478 e. The van der Waals surface area contributed by atoms with Gasteiger partial charge < -0.3 is 5.11 Å². The van der Waals surface area contributed by atoms with Crippen LogP contribution in [0.5, 0.6) is 0 Å². The molecule has 0 radical (unpaired) electrons. The topological polar surface area (TPSA) is 37.3 Å². The third kappa shape index (κ3) is 2.37. The molecule has 0 aliphatic carbocycles. The molecule has 15 heavy (non-hydrogen) atoms. The standard InChI is InChI=1S/C12H10O2.Cd/c1-8-3-2-4-9-7-10(12(13)14)5-6-11(8)9;/h2-7H,1H3,(H,13,14);. The summed E-state index contributed by atoms with van der Waals surface area (Å²) in [5.74, 6) is -0.881. The fraction of sp³-hybridized carbons (Fsp3) is 0.0833. The molecule has 0 fully saturated rings. The molecule has 0 bridgehead atoms. The fourth-order valence-electron chi connectivity index (χ4n) is 1.58. The molecule has 2 aromatic rings. The van der Waals surface area contributed by atoms with Crippen molar-refractivity contribution >= 4 is 16.7 Å². The van der Waals surface area contributed by atoms with Crippen LogP contribution in [-0.2, 0) is 27.3 Å². The zero-order valence-electron chi connectivity index (χ0n) is 8.53. The molecule has 0 atom stereocenters. The molecular formula is C12H10CdO2. The van der Waals surface area contributed by atoms with Crippen LogP contribution in [0.25, 0.3) is 10.8 Å². The molecule has 2 rings (SSSR count). The van der Waals surface area contributed by atoms with E-state index in [0.717, 1.165) is 10.8 Å². The monoisotopic (exact) mass is 300 g/mol. The third-order valence-electron chi connectivity index (χ3n) is 2.35. The number of carbonyl (C=O) groups is 1. The van der Waals surface area contributed by atoms with Crippen molar-refractivity contribution in [3.05, 3.63) is 47.5 Å². The van der Waals surface area contributed by atoms with Crippen LogP contribution in [0.15, 0.2) is 36.4 Å². The van der Waals surface area contributed by atoms with E-state index >= 15 is 0 Å². The molecule has 0 unspecified atom stereocenters. The maximum atomic E-state index is 10.7. The van der Waals surface area contributed by atoms with Crippen molar-refractivity contribution in [3.63, 3.8) is 0 Å². The summed E-state index contributed by atoms with van der Waals surface area (Å²) in [6, 6.07) is 11.1. The van der Waals surface area contributed by atoms with Crippen molar-refractivity contribution in [1.82, 2.24) is 0 Å². The maximum absolute atomic E-state index is 10.7. The van der Waals surface area contributed by atoms with Crippen molar-refractivity contribution in [1.29, 1.82) is 0 Å². The molecule has 0 aliphatic rings. The Kier molecular flexibility index (Phi) is 3.85. The Morgan fingerprint density at radius 3 is 2.60 bits per heavy atom. The molecule has 0 aromatic heterocycles. The van der Waals surface area contributed by atoms with Crippen molar-refractivity contribution < 1.29 is 37.2 Å². The molecule has 0 aliphatic heterocycles. The Morgan fingerprint density at radius 2 is 1.93 bits per heavy atom. The van der Waals surface area contributed by atoms with Gasteiger partial charge in [-0.3, -0.25) is 0 Å². The summed E-state index contributed by atoms with van der Waals surface area (Å²) in [6.45, 7) is 2.02. The zero-order valence-corrected chi connectivity index (χ0v) is 12.6. The van der Waals surface area contributed by atoms with E-state index in [1.54, 1.807) is 12.1 Å². The van der Waals surface area contributed by atoms with Crippen molar-refractivity contribution in [2.45, 2.75) is 6.92 Å². The summed E-state index contributed by atoms with van der Waals surface area (Å²) in [4.78, 5) is 10.7. The molecule has 1 N–H and O–H groups in total. The number of rotatable bonds is 1. The second kappa shape index (κ2) is 4.74. The molecular weight excluding hydrogens is 289 g/mol. The van der Waals surface area contributed by atoms with Gasteiger partial charge in [0.15, 0.2) is 0 Å². The minimum atomic E-state index is -0.881. The van der Waals surface area contributed by atoms with E-state index in [1.165, 1.54) is 5.56 Å². The number of aromatic carboxylic acids is 1. The normalized spacial score (nSPS) is 9.67. The van der Waals surface area contributed by atoms with Gasteiger partial charge in [0.25, 0.3) is 0 Å². The van der Waals surface area contributed by atoms with Crippen LogP contribution in [0.3, 0.4) is 0 Å². The Labute approximate surface area is 108 Å². The molecule has 0 saturated heterocycles. The number of hydrogen-bond donors (Lipinski definition) is 1. The number of benzene rings is 2. The number of carboxylic acids is 1. The van der Waals surface area contributed by atoms with Crippen LogP contribution < -0.4 is 0 Å². The van der Waals surface area contributed by atoms with Gasteiger partial charge in [0.2, 0.25) is 0 Å². The Balaban J connectivity index is 0.00000112. The van der Waals surface area contributed by atoms with Gasteiger partial charge in [0.05, 0.1) is 5.56 Å². The van der Waals surface area contributed by atoms with E-state index in [9.17, 15) is 4.79 Å².